The zero-order chi connectivity index (χ0) is 15.6. The second-order valence-electron chi connectivity index (χ2n) is 5.54. The standard InChI is InChI=1S/C15H19ClF3NO/c1-9-7-13(14(21-2)8-12(9)16)20-11-5-3-10(4-6-11)15(17,18)19/h7-8,10-11,20H,3-6H2,1-2H3. The maximum Gasteiger partial charge on any atom is 0.391 e. The molecule has 1 aliphatic carbocycles. The third-order valence-electron chi connectivity index (χ3n) is 4.03. The predicted molar refractivity (Wildman–Crippen MR) is 78.2 cm³/mol. The average Bonchev–Trinajstić information content (AvgIpc) is 2.42. The molecule has 0 spiro atoms. The number of ether oxygens (including phenoxy) is 1. The van der Waals surface area contributed by atoms with Crippen LogP contribution in [0.3, 0.4) is 0 Å². The van der Waals surface area contributed by atoms with Gasteiger partial charge in [-0.25, -0.2) is 0 Å². The number of halogens is 4. The molecule has 0 bridgehead atoms. The Hall–Kier alpha value is -1.10. The normalized spacial score (nSPS) is 23.0. The van der Waals surface area contributed by atoms with Gasteiger partial charge in [-0.3, -0.25) is 0 Å². The molecule has 0 unspecified atom stereocenters. The van der Waals surface area contributed by atoms with Crippen molar-refractivity contribution in [1.29, 1.82) is 0 Å². The van der Waals surface area contributed by atoms with Crippen LogP contribution in [0.2, 0.25) is 5.02 Å². The molecule has 0 saturated heterocycles. The van der Waals surface area contributed by atoms with Crippen molar-refractivity contribution in [2.45, 2.75) is 44.8 Å². The molecule has 1 N–H and O–H groups in total. The number of rotatable bonds is 3. The molecule has 0 amide bonds. The first-order valence-electron chi connectivity index (χ1n) is 6.98. The van der Waals surface area contributed by atoms with Gasteiger partial charge in [-0.2, -0.15) is 13.2 Å². The number of nitrogens with one attached hydrogen (secondary N) is 1. The van der Waals surface area contributed by atoms with Gasteiger partial charge in [-0.05, 0) is 44.2 Å². The second kappa shape index (κ2) is 6.34. The van der Waals surface area contributed by atoms with Crippen LogP contribution >= 0.6 is 11.6 Å². The summed E-state index contributed by atoms with van der Waals surface area (Å²) < 4.78 is 43.2. The van der Waals surface area contributed by atoms with Crippen LogP contribution in [0.1, 0.15) is 31.2 Å². The summed E-state index contributed by atoms with van der Waals surface area (Å²) >= 11 is 6.04. The van der Waals surface area contributed by atoms with Crippen molar-refractivity contribution in [3.8, 4) is 5.75 Å². The molecule has 118 valence electrons. The van der Waals surface area contributed by atoms with Gasteiger partial charge in [0, 0.05) is 17.1 Å². The third kappa shape index (κ3) is 3.96. The predicted octanol–water partition coefficient (Wildman–Crippen LogP) is 5.19. The zero-order valence-electron chi connectivity index (χ0n) is 12.1. The van der Waals surface area contributed by atoms with E-state index in [0.717, 1.165) is 11.3 Å². The van der Waals surface area contributed by atoms with E-state index in [2.05, 4.69) is 5.32 Å². The van der Waals surface area contributed by atoms with Crippen molar-refractivity contribution in [3.05, 3.63) is 22.7 Å². The van der Waals surface area contributed by atoms with Gasteiger partial charge in [-0.1, -0.05) is 11.6 Å². The van der Waals surface area contributed by atoms with Crippen molar-refractivity contribution in [2.75, 3.05) is 12.4 Å². The Kier molecular flexibility index (Phi) is 4.91. The number of hydrogen-bond donors (Lipinski definition) is 1. The van der Waals surface area contributed by atoms with Gasteiger partial charge < -0.3 is 10.1 Å². The summed E-state index contributed by atoms with van der Waals surface area (Å²) in [6, 6.07) is 3.63. The minimum atomic E-state index is -4.07. The largest absolute Gasteiger partial charge is 0.495 e. The Morgan fingerprint density at radius 2 is 1.81 bits per heavy atom. The van der Waals surface area contributed by atoms with Crippen LogP contribution < -0.4 is 10.1 Å². The first-order valence-corrected chi connectivity index (χ1v) is 7.36. The quantitative estimate of drug-likeness (QED) is 0.827. The number of anilines is 1. The summed E-state index contributed by atoms with van der Waals surface area (Å²) in [7, 11) is 1.55. The third-order valence-corrected chi connectivity index (χ3v) is 4.44. The van der Waals surface area contributed by atoms with Crippen LogP contribution in [0.15, 0.2) is 12.1 Å². The van der Waals surface area contributed by atoms with E-state index in [1.54, 1.807) is 13.2 Å². The molecular weight excluding hydrogens is 303 g/mol. The van der Waals surface area contributed by atoms with Gasteiger partial charge in [0.1, 0.15) is 5.75 Å². The van der Waals surface area contributed by atoms with E-state index in [9.17, 15) is 13.2 Å². The van der Waals surface area contributed by atoms with Gasteiger partial charge in [0.15, 0.2) is 0 Å². The van der Waals surface area contributed by atoms with E-state index in [-0.39, 0.29) is 18.9 Å². The Morgan fingerprint density at radius 3 is 2.33 bits per heavy atom. The van der Waals surface area contributed by atoms with E-state index >= 15 is 0 Å². The van der Waals surface area contributed by atoms with E-state index in [4.69, 9.17) is 16.3 Å². The second-order valence-corrected chi connectivity index (χ2v) is 5.94. The van der Waals surface area contributed by atoms with Crippen LogP contribution in [0.5, 0.6) is 5.75 Å². The highest BCUT2D eigenvalue weighted by molar-refractivity contribution is 6.31. The smallest absolute Gasteiger partial charge is 0.391 e. The van der Waals surface area contributed by atoms with Crippen molar-refractivity contribution >= 4 is 17.3 Å². The van der Waals surface area contributed by atoms with Gasteiger partial charge in [0.05, 0.1) is 18.7 Å². The molecule has 6 heteroatoms. The summed E-state index contributed by atoms with van der Waals surface area (Å²) in [6.45, 7) is 1.88. The van der Waals surface area contributed by atoms with Crippen molar-refractivity contribution in [3.63, 3.8) is 0 Å². The lowest BCUT2D eigenvalue weighted by Crippen LogP contribution is -2.32. The van der Waals surface area contributed by atoms with Crippen LogP contribution in [0, 0.1) is 12.8 Å². The SMILES string of the molecule is COc1cc(Cl)c(C)cc1NC1CCC(C(F)(F)F)CC1. The minimum absolute atomic E-state index is 0.0399. The molecule has 1 saturated carbocycles. The summed E-state index contributed by atoms with van der Waals surface area (Å²) in [6.07, 6.45) is -2.70. The van der Waals surface area contributed by atoms with Crippen molar-refractivity contribution < 1.29 is 17.9 Å². The molecule has 1 aromatic carbocycles. The maximum absolute atomic E-state index is 12.7. The number of methoxy groups -OCH3 is 1. The van der Waals surface area contributed by atoms with E-state index < -0.39 is 12.1 Å². The van der Waals surface area contributed by atoms with Crippen LogP contribution in [0.25, 0.3) is 0 Å². The molecule has 21 heavy (non-hydrogen) atoms. The van der Waals surface area contributed by atoms with Gasteiger partial charge in [0.2, 0.25) is 0 Å². The fraction of sp³-hybridized carbons (Fsp3) is 0.600. The molecule has 1 aliphatic rings. The van der Waals surface area contributed by atoms with Gasteiger partial charge in [0.25, 0.3) is 0 Å². The summed E-state index contributed by atoms with van der Waals surface area (Å²) in [5, 5.41) is 3.90. The molecule has 1 aromatic rings. The molecule has 1 fully saturated rings. The number of aryl methyl sites for hydroxylation is 1. The first-order chi connectivity index (χ1) is 9.81. The lowest BCUT2D eigenvalue weighted by atomic mass is 9.85. The summed E-state index contributed by atoms with van der Waals surface area (Å²) in [5.41, 5.74) is 1.69. The molecule has 0 aromatic heterocycles. The highest BCUT2D eigenvalue weighted by Crippen LogP contribution is 2.39. The number of alkyl halides is 3. The van der Waals surface area contributed by atoms with Crippen molar-refractivity contribution in [1.82, 2.24) is 0 Å². The molecular formula is C15H19ClF3NO. The molecule has 0 heterocycles. The Balaban J connectivity index is 2.02. The first kappa shape index (κ1) is 16.3. The molecule has 0 radical (unpaired) electrons. The van der Waals surface area contributed by atoms with Crippen LogP contribution in [0.4, 0.5) is 18.9 Å². The lowest BCUT2D eigenvalue weighted by molar-refractivity contribution is -0.182. The molecule has 0 atom stereocenters. The number of benzene rings is 1. The van der Waals surface area contributed by atoms with Gasteiger partial charge >= 0.3 is 6.18 Å². The topological polar surface area (TPSA) is 21.3 Å². The maximum atomic E-state index is 12.7. The zero-order valence-corrected chi connectivity index (χ0v) is 12.8. The fourth-order valence-corrected chi connectivity index (χ4v) is 2.88. The van der Waals surface area contributed by atoms with E-state index in [1.165, 1.54) is 0 Å². The molecule has 0 aliphatic heterocycles. The molecule has 2 nitrogen and oxygen atoms in total. The number of hydrogen-bond acceptors (Lipinski definition) is 2. The van der Waals surface area contributed by atoms with Crippen LogP contribution in [-0.2, 0) is 0 Å². The van der Waals surface area contributed by atoms with Gasteiger partial charge in [-0.15, -0.1) is 0 Å². The Morgan fingerprint density at radius 1 is 1.19 bits per heavy atom. The monoisotopic (exact) mass is 321 g/mol. The summed E-state index contributed by atoms with van der Waals surface area (Å²) in [5.74, 6) is -0.548. The van der Waals surface area contributed by atoms with Crippen molar-refractivity contribution in [2.24, 2.45) is 5.92 Å². The summed E-state index contributed by atoms with van der Waals surface area (Å²) in [4.78, 5) is 0. The van der Waals surface area contributed by atoms with E-state index in [0.29, 0.717) is 23.6 Å². The fourth-order valence-electron chi connectivity index (χ4n) is 2.73. The Bertz CT molecular complexity index is 496. The highest BCUT2D eigenvalue weighted by atomic mass is 35.5. The molecule has 2 rings (SSSR count). The van der Waals surface area contributed by atoms with Crippen LogP contribution in [-0.4, -0.2) is 19.3 Å². The average molecular weight is 322 g/mol. The Labute approximate surface area is 127 Å². The van der Waals surface area contributed by atoms with E-state index in [1.807, 2.05) is 13.0 Å². The highest BCUT2D eigenvalue weighted by Gasteiger charge is 2.41. The minimum Gasteiger partial charge on any atom is -0.495 e. The lowest BCUT2D eigenvalue weighted by Gasteiger charge is -2.31.